The Balaban J connectivity index is 2.96. The van der Waals surface area contributed by atoms with E-state index >= 15 is 0 Å². The fourth-order valence-electron chi connectivity index (χ4n) is 1.76. The van der Waals surface area contributed by atoms with Crippen LogP contribution in [0.1, 0.15) is 30.5 Å². The van der Waals surface area contributed by atoms with E-state index in [1.165, 1.54) is 0 Å². The number of rotatable bonds is 5. The molecule has 0 radical (unpaired) electrons. The fourth-order valence-corrected chi connectivity index (χ4v) is 1.88. The molecule has 1 aromatic carbocycles. The molecule has 2 N–H and O–H groups in total. The lowest BCUT2D eigenvalue weighted by molar-refractivity contribution is -0.150. The molecule has 1 rings (SSSR count). The first-order chi connectivity index (χ1) is 8.86. The number of carbonyl (C=O) groups is 1. The summed E-state index contributed by atoms with van der Waals surface area (Å²) < 4.78 is 10.6. The van der Waals surface area contributed by atoms with Crippen molar-refractivity contribution in [2.45, 2.75) is 33.8 Å². The lowest BCUT2D eigenvalue weighted by Gasteiger charge is -2.18. The Morgan fingerprint density at radius 1 is 1.37 bits per heavy atom. The third-order valence-corrected chi connectivity index (χ3v) is 2.89. The average Bonchev–Trinajstić information content (AvgIpc) is 2.33. The zero-order chi connectivity index (χ0) is 14.6. The molecular formula is C14H19NO3S. The van der Waals surface area contributed by atoms with Gasteiger partial charge in [0.05, 0.1) is 6.61 Å². The molecule has 0 spiro atoms. The highest BCUT2D eigenvalue weighted by molar-refractivity contribution is 7.80. The lowest BCUT2D eigenvalue weighted by atomic mass is 10.1. The first kappa shape index (κ1) is 15.4. The van der Waals surface area contributed by atoms with Gasteiger partial charge in [-0.25, -0.2) is 4.79 Å². The van der Waals surface area contributed by atoms with Gasteiger partial charge in [0, 0.05) is 5.56 Å². The molecule has 0 aromatic heterocycles. The van der Waals surface area contributed by atoms with E-state index in [0.717, 1.165) is 16.7 Å². The topological polar surface area (TPSA) is 61.5 Å². The number of hydrogen-bond acceptors (Lipinski definition) is 4. The predicted molar refractivity (Wildman–Crippen MR) is 78.5 cm³/mol. The normalized spacial score (nSPS) is 11.8. The van der Waals surface area contributed by atoms with Crippen LogP contribution < -0.4 is 10.5 Å². The molecule has 19 heavy (non-hydrogen) atoms. The van der Waals surface area contributed by atoms with Gasteiger partial charge >= 0.3 is 5.97 Å². The average molecular weight is 281 g/mol. The van der Waals surface area contributed by atoms with Gasteiger partial charge in [0.2, 0.25) is 0 Å². The van der Waals surface area contributed by atoms with Crippen LogP contribution in [-0.2, 0) is 9.53 Å². The van der Waals surface area contributed by atoms with Gasteiger partial charge in [0.1, 0.15) is 10.7 Å². The molecule has 0 saturated heterocycles. The van der Waals surface area contributed by atoms with E-state index in [0.29, 0.717) is 17.3 Å². The summed E-state index contributed by atoms with van der Waals surface area (Å²) in [5.41, 5.74) is 8.18. The molecule has 1 aromatic rings. The van der Waals surface area contributed by atoms with Gasteiger partial charge in [-0.3, -0.25) is 0 Å². The van der Waals surface area contributed by atoms with E-state index in [1.54, 1.807) is 13.8 Å². The maximum atomic E-state index is 11.6. The van der Waals surface area contributed by atoms with E-state index in [9.17, 15) is 4.79 Å². The first-order valence-corrected chi connectivity index (χ1v) is 6.52. The molecule has 1 unspecified atom stereocenters. The predicted octanol–water partition coefficient (Wildman–Crippen LogP) is 2.27. The van der Waals surface area contributed by atoms with Crippen molar-refractivity contribution in [3.63, 3.8) is 0 Å². The number of benzene rings is 1. The molecule has 0 bridgehead atoms. The summed E-state index contributed by atoms with van der Waals surface area (Å²) in [4.78, 5) is 11.9. The minimum Gasteiger partial charge on any atom is -0.478 e. The van der Waals surface area contributed by atoms with Crippen LogP contribution in [0.4, 0.5) is 0 Å². The second kappa shape index (κ2) is 6.52. The second-order valence-corrected chi connectivity index (χ2v) is 4.76. The van der Waals surface area contributed by atoms with Crippen LogP contribution in [-0.4, -0.2) is 23.7 Å². The Morgan fingerprint density at radius 3 is 2.32 bits per heavy atom. The fraction of sp³-hybridized carbons (Fsp3) is 0.429. The zero-order valence-corrected chi connectivity index (χ0v) is 12.5. The van der Waals surface area contributed by atoms with Gasteiger partial charge in [-0.1, -0.05) is 12.2 Å². The van der Waals surface area contributed by atoms with Crippen molar-refractivity contribution >= 4 is 23.2 Å². The van der Waals surface area contributed by atoms with Gasteiger partial charge in [-0.05, 0) is 51.0 Å². The van der Waals surface area contributed by atoms with E-state index in [2.05, 4.69) is 0 Å². The van der Waals surface area contributed by atoms with E-state index in [-0.39, 0.29) is 5.97 Å². The number of ether oxygens (including phenoxy) is 2. The molecule has 0 aliphatic carbocycles. The monoisotopic (exact) mass is 281 g/mol. The first-order valence-electron chi connectivity index (χ1n) is 6.11. The van der Waals surface area contributed by atoms with Crippen LogP contribution in [0.25, 0.3) is 0 Å². The Bertz CT molecular complexity index is 476. The highest BCUT2D eigenvalue weighted by atomic mass is 32.1. The van der Waals surface area contributed by atoms with Crippen LogP contribution in [0, 0.1) is 13.8 Å². The number of carbonyl (C=O) groups excluding carboxylic acids is 1. The van der Waals surface area contributed by atoms with E-state index in [1.807, 2.05) is 26.0 Å². The zero-order valence-electron chi connectivity index (χ0n) is 11.6. The molecule has 0 fully saturated rings. The van der Waals surface area contributed by atoms with Crippen molar-refractivity contribution in [3.05, 3.63) is 28.8 Å². The molecule has 0 saturated carbocycles. The van der Waals surface area contributed by atoms with Gasteiger partial charge in [0.25, 0.3) is 0 Å². The van der Waals surface area contributed by atoms with Gasteiger partial charge in [-0.15, -0.1) is 0 Å². The standard InChI is InChI=1S/C14H19NO3S/c1-5-17-14(16)10(4)18-12-8(2)6-11(13(15)19)7-9(12)3/h6-7,10H,5H2,1-4H3,(H2,15,19). The third kappa shape index (κ3) is 3.92. The van der Waals surface area contributed by atoms with Crippen molar-refractivity contribution in [1.29, 1.82) is 0 Å². The summed E-state index contributed by atoms with van der Waals surface area (Å²) in [6.45, 7) is 7.55. The molecule has 0 aliphatic heterocycles. The maximum absolute atomic E-state index is 11.6. The van der Waals surface area contributed by atoms with Gasteiger partial charge in [-0.2, -0.15) is 0 Å². The van der Waals surface area contributed by atoms with Crippen molar-refractivity contribution in [1.82, 2.24) is 0 Å². The summed E-state index contributed by atoms with van der Waals surface area (Å²) in [6, 6.07) is 3.70. The highest BCUT2D eigenvalue weighted by Gasteiger charge is 2.18. The quantitative estimate of drug-likeness (QED) is 0.662. The molecule has 104 valence electrons. The maximum Gasteiger partial charge on any atom is 0.347 e. The Kier molecular flexibility index (Phi) is 5.30. The molecule has 0 aliphatic rings. The van der Waals surface area contributed by atoms with E-state index < -0.39 is 6.10 Å². The molecule has 4 nitrogen and oxygen atoms in total. The lowest BCUT2D eigenvalue weighted by Crippen LogP contribution is -2.26. The van der Waals surface area contributed by atoms with Crippen LogP contribution in [0.15, 0.2) is 12.1 Å². The molecule has 0 amide bonds. The SMILES string of the molecule is CCOC(=O)C(C)Oc1c(C)cc(C(N)=S)cc1C. The minimum absolute atomic E-state index is 0.338. The van der Waals surface area contributed by atoms with Crippen LogP contribution in [0.3, 0.4) is 0 Å². The smallest absolute Gasteiger partial charge is 0.347 e. The summed E-state index contributed by atoms with van der Waals surface area (Å²) >= 11 is 4.95. The Morgan fingerprint density at radius 2 is 1.89 bits per heavy atom. The van der Waals surface area contributed by atoms with Crippen molar-refractivity contribution in [3.8, 4) is 5.75 Å². The number of thiocarbonyl (C=S) groups is 1. The minimum atomic E-state index is -0.645. The summed E-state index contributed by atoms with van der Waals surface area (Å²) in [6.07, 6.45) is -0.645. The number of hydrogen-bond donors (Lipinski definition) is 1. The Hall–Kier alpha value is -1.62. The third-order valence-electron chi connectivity index (χ3n) is 2.66. The number of aryl methyl sites for hydroxylation is 2. The van der Waals surface area contributed by atoms with Crippen LogP contribution in [0.5, 0.6) is 5.75 Å². The van der Waals surface area contributed by atoms with Gasteiger partial charge < -0.3 is 15.2 Å². The number of esters is 1. The van der Waals surface area contributed by atoms with Crippen molar-refractivity contribution < 1.29 is 14.3 Å². The number of nitrogens with two attached hydrogens (primary N) is 1. The summed E-state index contributed by atoms with van der Waals surface area (Å²) in [5.74, 6) is 0.292. The highest BCUT2D eigenvalue weighted by Crippen LogP contribution is 2.26. The molecular weight excluding hydrogens is 262 g/mol. The molecule has 0 heterocycles. The molecule has 5 heteroatoms. The summed E-state index contributed by atoms with van der Waals surface area (Å²) in [7, 11) is 0. The second-order valence-electron chi connectivity index (χ2n) is 4.32. The van der Waals surface area contributed by atoms with Gasteiger partial charge in [0.15, 0.2) is 6.10 Å². The molecule has 1 atom stereocenters. The summed E-state index contributed by atoms with van der Waals surface area (Å²) in [5, 5.41) is 0. The van der Waals surface area contributed by atoms with E-state index in [4.69, 9.17) is 27.4 Å². The van der Waals surface area contributed by atoms with Crippen LogP contribution in [0.2, 0.25) is 0 Å². The van der Waals surface area contributed by atoms with Crippen LogP contribution >= 0.6 is 12.2 Å². The van der Waals surface area contributed by atoms with Crippen molar-refractivity contribution in [2.24, 2.45) is 5.73 Å². The Labute approximate surface area is 118 Å². The largest absolute Gasteiger partial charge is 0.478 e. The van der Waals surface area contributed by atoms with Crippen molar-refractivity contribution in [2.75, 3.05) is 6.61 Å².